The van der Waals surface area contributed by atoms with Gasteiger partial charge in [-0.15, -0.1) is 0 Å². The molecule has 1 saturated carbocycles. The van der Waals surface area contributed by atoms with Crippen molar-refractivity contribution in [2.75, 3.05) is 16.8 Å². The summed E-state index contributed by atoms with van der Waals surface area (Å²) >= 11 is 0. The van der Waals surface area contributed by atoms with E-state index in [1.54, 1.807) is 18.2 Å². The molecule has 2 aliphatic carbocycles. The summed E-state index contributed by atoms with van der Waals surface area (Å²) in [5, 5.41) is 4.66. The van der Waals surface area contributed by atoms with Gasteiger partial charge in [0.15, 0.2) is 6.61 Å². The van der Waals surface area contributed by atoms with Gasteiger partial charge in [-0.05, 0) is 60.9 Å². The number of ether oxygens (including phenoxy) is 1. The smallest absolute Gasteiger partial charge is 0.338 e. The van der Waals surface area contributed by atoms with Gasteiger partial charge in [0.1, 0.15) is 0 Å². The Morgan fingerprint density at radius 3 is 2.47 bits per heavy atom. The van der Waals surface area contributed by atoms with Crippen LogP contribution in [0, 0.1) is 23.7 Å². The van der Waals surface area contributed by atoms with Crippen molar-refractivity contribution in [2.24, 2.45) is 23.7 Å². The highest BCUT2D eigenvalue weighted by Gasteiger charge is 2.60. The van der Waals surface area contributed by atoms with Gasteiger partial charge >= 0.3 is 5.97 Å². The first kappa shape index (κ1) is 22.2. The van der Waals surface area contributed by atoms with Crippen molar-refractivity contribution in [1.82, 2.24) is 0 Å². The molecule has 4 atom stereocenters. The zero-order valence-electron chi connectivity index (χ0n) is 19.6. The Morgan fingerprint density at radius 2 is 1.67 bits per heavy atom. The predicted octanol–water partition coefficient (Wildman–Crippen LogP) is 4.34. The van der Waals surface area contributed by atoms with Gasteiger partial charge < -0.3 is 10.1 Å². The lowest BCUT2D eigenvalue weighted by Crippen LogP contribution is -2.33. The van der Waals surface area contributed by atoms with Crippen LogP contribution >= 0.6 is 0 Å². The fourth-order valence-corrected chi connectivity index (χ4v) is 6.01. The molecule has 3 aromatic rings. The predicted molar refractivity (Wildman–Crippen MR) is 134 cm³/mol. The molecule has 3 aliphatic rings. The van der Waals surface area contributed by atoms with E-state index >= 15 is 0 Å². The summed E-state index contributed by atoms with van der Waals surface area (Å²) in [6, 6.07) is 19.4. The lowest BCUT2D eigenvalue weighted by atomic mass is 9.82. The molecule has 7 heteroatoms. The van der Waals surface area contributed by atoms with Crippen LogP contribution in [0.15, 0.2) is 78.4 Å². The van der Waals surface area contributed by atoms with E-state index in [1.807, 2.05) is 43.3 Å². The largest absolute Gasteiger partial charge is 0.452 e. The van der Waals surface area contributed by atoms with Gasteiger partial charge in [0.2, 0.25) is 11.8 Å². The van der Waals surface area contributed by atoms with Gasteiger partial charge in [0.05, 0.1) is 23.1 Å². The topological polar surface area (TPSA) is 92.8 Å². The Balaban J connectivity index is 1.09. The van der Waals surface area contributed by atoms with Gasteiger partial charge in [-0.3, -0.25) is 19.3 Å². The van der Waals surface area contributed by atoms with Crippen LogP contribution in [0.25, 0.3) is 10.8 Å². The molecule has 2 fully saturated rings. The highest BCUT2D eigenvalue weighted by atomic mass is 16.5. The molecule has 3 aromatic carbocycles. The standard InChI is InChI=1S/C29H24N2O5/c1-16-13-19-14-22(16)26-25(19)27(33)31(28(26)34)20-11-9-18(10-12-20)29(35)36-15-24(32)30-23-8-4-6-17-5-2-3-7-21(17)23/h2-13,19,22,25-26H,14-15H2,1H3,(H,30,32)/t19-,22+,25-,26-/m0/s1. The SMILES string of the molecule is CC1=C[C@H]2C[C@H]1[C@@H]1C(=O)N(c3ccc(C(=O)OCC(=O)Nc4cccc5ccccc45)cc3)C(=O)[C@H]12. The number of nitrogens with one attached hydrogen (secondary N) is 1. The molecular weight excluding hydrogens is 456 g/mol. The second-order valence-electron chi connectivity index (χ2n) is 9.68. The first-order valence-electron chi connectivity index (χ1n) is 12.0. The fourth-order valence-electron chi connectivity index (χ4n) is 6.01. The Hall–Kier alpha value is -4.26. The van der Waals surface area contributed by atoms with Crippen LogP contribution in [0.3, 0.4) is 0 Å². The zero-order chi connectivity index (χ0) is 25.0. The van der Waals surface area contributed by atoms with E-state index in [1.165, 1.54) is 22.6 Å². The number of anilines is 2. The molecule has 6 rings (SSSR count). The lowest BCUT2D eigenvalue weighted by Gasteiger charge is -2.19. The first-order valence-corrected chi connectivity index (χ1v) is 12.0. The number of fused-ring (bicyclic) bond motifs is 6. The molecule has 1 N–H and O–H groups in total. The molecule has 0 radical (unpaired) electrons. The molecule has 7 nitrogen and oxygen atoms in total. The summed E-state index contributed by atoms with van der Waals surface area (Å²) in [5.74, 6) is -1.72. The quantitative estimate of drug-likeness (QED) is 0.333. The third kappa shape index (κ3) is 3.50. The maximum atomic E-state index is 13.1. The van der Waals surface area contributed by atoms with E-state index in [-0.39, 0.29) is 41.0 Å². The number of hydrogen-bond acceptors (Lipinski definition) is 5. The van der Waals surface area contributed by atoms with Crippen LogP contribution in [0.1, 0.15) is 23.7 Å². The fraction of sp³-hybridized carbons (Fsp3) is 0.241. The summed E-state index contributed by atoms with van der Waals surface area (Å²) < 4.78 is 5.19. The highest BCUT2D eigenvalue weighted by Crippen LogP contribution is 2.55. The van der Waals surface area contributed by atoms with E-state index in [0.717, 1.165) is 17.2 Å². The molecule has 0 aromatic heterocycles. The maximum Gasteiger partial charge on any atom is 0.338 e. The van der Waals surface area contributed by atoms with Gasteiger partial charge in [-0.2, -0.15) is 0 Å². The Morgan fingerprint density at radius 1 is 0.944 bits per heavy atom. The first-order chi connectivity index (χ1) is 17.4. The lowest BCUT2D eigenvalue weighted by molar-refractivity contribution is -0.123. The molecule has 3 amide bonds. The van der Waals surface area contributed by atoms with Crippen molar-refractivity contribution in [1.29, 1.82) is 0 Å². The Labute approximate surface area is 207 Å². The summed E-state index contributed by atoms with van der Waals surface area (Å²) in [6.45, 7) is 1.59. The van der Waals surface area contributed by atoms with Crippen LogP contribution < -0.4 is 10.2 Å². The summed E-state index contributed by atoms with van der Waals surface area (Å²) in [4.78, 5) is 52.3. The number of allylic oxidation sites excluding steroid dienone is 2. The number of nitrogens with zero attached hydrogens (tertiary/aromatic N) is 1. The van der Waals surface area contributed by atoms with Crippen molar-refractivity contribution >= 4 is 45.8 Å². The van der Waals surface area contributed by atoms with Crippen molar-refractivity contribution in [3.8, 4) is 0 Å². The van der Waals surface area contributed by atoms with Crippen molar-refractivity contribution in [3.05, 3.63) is 83.9 Å². The van der Waals surface area contributed by atoms with Crippen molar-refractivity contribution < 1.29 is 23.9 Å². The van der Waals surface area contributed by atoms with E-state index in [0.29, 0.717) is 11.4 Å². The zero-order valence-corrected chi connectivity index (χ0v) is 19.6. The number of rotatable bonds is 5. The van der Waals surface area contributed by atoms with E-state index < -0.39 is 18.5 Å². The maximum absolute atomic E-state index is 13.1. The molecule has 1 heterocycles. The summed E-state index contributed by atoms with van der Waals surface area (Å²) in [7, 11) is 0. The molecular formula is C29H24N2O5. The van der Waals surface area contributed by atoms with E-state index in [9.17, 15) is 19.2 Å². The van der Waals surface area contributed by atoms with Gasteiger partial charge in [0.25, 0.3) is 5.91 Å². The van der Waals surface area contributed by atoms with Crippen LogP contribution in [-0.4, -0.2) is 30.3 Å². The van der Waals surface area contributed by atoms with Crippen LogP contribution in [0.2, 0.25) is 0 Å². The second kappa shape index (κ2) is 8.45. The average molecular weight is 481 g/mol. The average Bonchev–Trinajstić information content (AvgIpc) is 3.53. The molecule has 1 aliphatic heterocycles. The third-order valence-corrected chi connectivity index (χ3v) is 7.64. The molecule has 0 spiro atoms. The van der Waals surface area contributed by atoms with Crippen LogP contribution in [0.4, 0.5) is 11.4 Å². The number of hydrogen-bond donors (Lipinski definition) is 1. The highest BCUT2D eigenvalue weighted by molar-refractivity contribution is 6.23. The molecule has 36 heavy (non-hydrogen) atoms. The van der Waals surface area contributed by atoms with Crippen molar-refractivity contribution in [3.63, 3.8) is 0 Å². The summed E-state index contributed by atoms with van der Waals surface area (Å²) in [6.07, 6.45) is 3.02. The number of carbonyl (C=O) groups is 4. The number of benzene rings is 3. The van der Waals surface area contributed by atoms with E-state index in [2.05, 4.69) is 11.4 Å². The van der Waals surface area contributed by atoms with Crippen LogP contribution in [0.5, 0.6) is 0 Å². The normalized spacial score (nSPS) is 24.1. The molecule has 0 unspecified atom stereocenters. The Kier molecular flexibility index (Phi) is 5.21. The number of esters is 1. The second-order valence-corrected chi connectivity index (χ2v) is 9.68. The van der Waals surface area contributed by atoms with Gasteiger partial charge in [-0.25, -0.2) is 4.79 Å². The van der Waals surface area contributed by atoms with E-state index in [4.69, 9.17) is 4.74 Å². The number of amides is 3. The van der Waals surface area contributed by atoms with Gasteiger partial charge in [0, 0.05) is 11.1 Å². The number of imide groups is 1. The minimum atomic E-state index is -0.663. The monoisotopic (exact) mass is 480 g/mol. The van der Waals surface area contributed by atoms with Crippen molar-refractivity contribution in [2.45, 2.75) is 13.3 Å². The summed E-state index contributed by atoms with van der Waals surface area (Å²) in [5.41, 5.74) is 2.52. The molecule has 2 bridgehead atoms. The minimum Gasteiger partial charge on any atom is -0.452 e. The number of carbonyl (C=O) groups excluding carboxylic acids is 4. The molecule has 180 valence electrons. The third-order valence-electron chi connectivity index (χ3n) is 7.64. The van der Waals surface area contributed by atoms with Crippen LogP contribution in [-0.2, 0) is 19.1 Å². The van der Waals surface area contributed by atoms with Gasteiger partial charge in [-0.1, -0.05) is 48.0 Å². The molecule has 1 saturated heterocycles. The Bertz CT molecular complexity index is 1450. The minimum absolute atomic E-state index is 0.135.